The van der Waals surface area contributed by atoms with Crippen molar-refractivity contribution in [2.24, 2.45) is 0 Å². The van der Waals surface area contributed by atoms with Crippen LogP contribution in [0.4, 0.5) is 4.79 Å². The first-order valence-electron chi connectivity index (χ1n) is 12.1. The van der Waals surface area contributed by atoms with Crippen LogP contribution in [0.2, 0.25) is 0 Å². The number of carbonyl (C=O) groups excluding carboxylic acids is 1. The van der Waals surface area contributed by atoms with Crippen molar-refractivity contribution in [2.75, 3.05) is 26.9 Å². The van der Waals surface area contributed by atoms with Gasteiger partial charge < -0.3 is 33.5 Å². The van der Waals surface area contributed by atoms with E-state index in [4.69, 9.17) is 33.7 Å². The number of H-pyrrole nitrogens is 1. The average molecular weight is 532 g/mol. The molecule has 13 nitrogen and oxygen atoms in total. The number of benzene rings is 1. The lowest BCUT2D eigenvalue weighted by Crippen LogP contribution is -2.49. The molecule has 0 bridgehead atoms. The first kappa shape index (κ1) is 27.5. The van der Waals surface area contributed by atoms with E-state index in [0.29, 0.717) is 31.6 Å². The van der Waals surface area contributed by atoms with Crippen molar-refractivity contribution in [3.05, 3.63) is 69.0 Å². The third kappa shape index (κ3) is 6.29. The Morgan fingerprint density at radius 1 is 1.26 bits per heavy atom. The highest BCUT2D eigenvalue weighted by Crippen LogP contribution is 2.37. The Bertz CT molecular complexity index is 1230. The molecule has 2 aromatic rings. The van der Waals surface area contributed by atoms with Gasteiger partial charge in [-0.25, -0.2) is 9.59 Å². The van der Waals surface area contributed by atoms with E-state index in [-0.39, 0.29) is 6.42 Å². The van der Waals surface area contributed by atoms with E-state index in [1.165, 1.54) is 13.3 Å². The third-order valence-corrected chi connectivity index (χ3v) is 6.47. The van der Waals surface area contributed by atoms with Crippen molar-refractivity contribution in [2.45, 2.75) is 55.7 Å². The summed E-state index contributed by atoms with van der Waals surface area (Å²) < 4.78 is 34.7. The largest absolute Gasteiger partial charge is 0.509 e. The summed E-state index contributed by atoms with van der Waals surface area (Å²) in [6, 6.07) is 11.8. The summed E-state index contributed by atoms with van der Waals surface area (Å²) in [7, 11) is 1.47. The Kier molecular flexibility index (Phi) is 8.93. The summed E-state index contributed by atoms with van der Waals surface area (Å²) in [5.41, 5.74) is -0.756. The van der Waals surface area contributed by atoms with E-state index in [2.05, 4.69) is 4.98 Å². The fourth-order valence-corrected chi connectivity index (χ4v) is 4.41. The number of hydrogen-bond donors (Lipinski definition) is 2. The molecular weight excluding hydrogens is 502 g/mol. The molecule has 3 heterocycles. The lowest BCUT2D eigenvalue weighted by Gasteiger charge is -2.39. The lowest BCUT2D eigenvalue weighted by molar-refractivity contribution is -0.293. The minimum absolute atomic E-state index is 0.0857. The van der Waals surface area contributed by atoms with Crippen LogP contribution in [0, 0.1) is 11.3 Å². The summed E-state index contributed by atoms with van der Waals surface area (Å²) in [6.45, 7) is 0.292. The second-order valence-corrected chi connectivity index (χ2v) is 8.82. The molecule has 2 saturated heterocycles. The van der Waals surface area contributed by atoms with Gasteiger partial charge in [-0.15, -0.1) is 0 Å². The molecule has 2 aliphatic heterocycles. The highest BCUT2D eigenvalue weighted by Gasteiger charge is 2.50. The van der Waals surface area contributed by atoms with Crippen molar-refractivity contribution in [3.8, 4) is 6.07 Å². The van der Waals surface area contributed by atoms with Gasteiger partial charge in [0.25, 0.3) is 5.56 Å². The van der Waals surface area contributed by atoms with Gasteiger partial charge in [-0.1, -0.05) is 30.3 Å². The molecular formula is C25H29N3O10. The third-order valence-electron chi connectivity index (χ3n) is 6.47. The molecule has 38 heavy (non-hydrogen) atoms. The van der Waals surface area contributed by atoms with Gasteiger partial charge >= 0.3 is 11.8 Å². The number of aliphatic hydroxyl groups is 1. The van der Waals surface area contributed by atoms with E-state index in [1.54, 1.807) is 30.3 Å². The Labute approximate surface area is 217 Å². The number of nitriles is 1. The highest BCUT2D eigenvalue weighted by molar-refractivity contribution is 5.60. The van der Waals surface area contributed by atoms with Crippen LogP contribution < -0.4 is 11.2 Å². The van der Waals surface area contributed by atoms with Gasteiger partial charge in [0.15, 0.2) is 12.0 Å². The minimum atomic E-state index is -1.36. The van der Waals surface area contributed by atoms with Gasteiger partial charge in [-0.05, 0) is 5.56 Å². The molecule has 4 rings (SSSR count). The molecule has 5 atom stereocenters. The fourth-order valence-electron chi connectivity index (χ4n) is 4.41. The predicted octanol–water partition coefficient (Wildman–Crippen LogP) is 1.14. The molecule has 0 radical (unpaired) electrons. The number of aromatic amines is 1. The predicted molar refractivity (Wildman–Crippen MR) is 128 cm³/mol. The Morgan fingerprint density at radius 2 is 2.00 bits per heavy atom. The smallest absolute Gasteiger partial charge is 0.431 e. The van der Waals surface area contributed by atoms with Crippen LogP contribution in [0.15, 0.2) is 52.2 Å². The number of aliphatic hydroxyl groups excluding tert-OH is 1. The van der Waals surface area contributed by atoms with Gasteiger partial charge in [0, 0.05) is 32.2 Å². The first-order valence-corrected chi connectivity index (χ1v) is 12.1. The second kappa shape index (κ2) is 12.3. The number of carbonyl (C=O) groups is 1. The van der Waals surface area contributed by atoms with Crippen molar-refractivity contribution in [1.82, 2.24) is 9.55 Å². The van der Waals surface area contributed by atoms with E-state index in [9.17, 15) is 19.5 Å². The molecule has 0 aliphatic carbocycles. The van der Waals surface area contributed by atoms with Crippen LogP contribution in [0.1, 0.15) is 37.2 Å². The molecule has 204 valence electrons. The molecule has 1 aromatic carbocycles. The van der Waals surface area contributed by atoms with Gasteiger partial charge in [0.2, 0.25) is 0 Å². The van der Waals surface area contributed by atoms with Gasteiger partial charge in [-0.3, -0.25) is 14.3 Å². The number of methoxy groups -OCH3 is 1. The summed E-state index contributed by atoms with van der Waals surface area (Å²) in [5, 5.41) is 20.2. The van der Waals surface area contributed by atoms with Gasteiger partial charge in [-0.2, -0.15) is 5.26 Å². The Hall–Kier alpha value is -3.54. The molecule has 0 amide bonds. The van der Waals surface area contributed by atoms with Crippen LogP contribution in [0.3, 0.4) is 0 Å². The number of hydrogen-bond acceptors (Lipinski definition) is 11. The van der Waals surface area contributed by atoms with Crippen molar-refractivity contribution in [1.29, 1.82) is 5.26 Å². The standard InChI is InChI=1S/C25H29N3O10/c1-33-25(9-13-34-14-10-25)38-21-20(30)18(36-22(21)28-12-8-19(29)27-23(28)31)15-35-24(32)37-17(7-11-26)16-5-3-2-4-6-16/h2-6,8,12,17-18,20-22,30H,7,9-10,13-15H2,1H3,(H,27,29,31)/t17?,18-,20-,21-,22-/m1/s1. The molecule has 1 aromatic heterocycles. The number of nitrogens with one attached hydrogen (secondary N) is 1. The maximum absolute atomic E-state index is 12.5. The highest BCUT2D eigenvalue weighted by atomic mass is 16.7. The van der Waals surface area contributed by atoms with Crippen LogP contribution in [-0.4, -0.2) is 71.8 Å². The molecule has 2 N–H and O–H groups in total. The van der Waals surface area contributed by atoms with Crippen molar-refractivity contribution in [3.63, 3.8) is 0 Å². The second-order valence-electron chi connectivity index (χ2n) is 8.82. The van der Waals surface area contributed by atoms with Crippen LogP contribution in [0.5, 0.6) is 0 Å². The monoisotopic (exact) mass is 531 g/mol. The van der Waals surface area contributed by atoms with Crippen LogP contribution >= 0.6 is 0 Å². The maximum atomic E-state index is 12.5. The zero-order valence-corrected chi connectivity index (χ0v) is 20.7. The Morgan fingerprint density at radius 3 is 2.66 bits per heavy atom. The zero-order valence-electron chi connectivity index (χ0n) is 20.7. The number of ether oxygens (including phenoxy) is 6. The molecule has 2 aliphatic rings. The van der Waals surface area contributed by atoms with Gasteiger partial charge in [0.1, 0.15) is 31.0 Å². The number of rotatable bonds is 9. The van der Waals surface area contributed by atoms with E-state index >= 15 is 0 Å². The zero-order chi connectivity index (χ0) is 27.1. The SMILES string of the molecule is COC1(O[C@@H]2[C@H](O)[C@@H](COC(=O)OC(CC#N)c3ccccc3)O[C@H]2n2ccc(=O)[nH]c2=O)CCOCC1. The quantitative estimate of drug-likeness (QED) is 0.351. The molecule has 13 heteroatoms. The van der Waals surface area contributed by atoms with E-state index in [1.807, 2.05) is 6.07 Å². The van der Waals surface area contributed by atoms with Crippen molar-refractivity contribution < 1.29 is 38.3 Å². The molecule has 2 fully saturated rings. The van der Waals surface area contributed by atoms with Gasteiger partial charge in [0.05, 0.1) is 25.7 Å². The lowest BCUT2D eigenvalue weighted by atomic mass is 10.1. The van der Waals surface area contributed by atoms with E-state index in [0.717, 1.165) is 10.6 Å². The molecule has 0 spiro atoms. The summed E-state index contributed by atoms with van der Waals surface area (Å²) in [6.07, 6.45) is -4.81. The topological polar surface area (TPSA) is 171 Å². The normalized spacial score (nSPS) is 25.3. The van der Waals surface area contributed by atoms with E-state index < -0.39 is 60.4 Å². The molecule has 1 unspecified atom stereocenters. The van der Waals surface area contributed by atoms with Crippen LogP contribution in [-0.2, 0) is 28.4 Å². The average Bonchev–Trinajstić information content (AvgIpc) is 3.22. The summed E-state index contributed by atoms with van der Waals surface area (Å²) in [4.78, 5) is 38.7. The number of nitrogens with zero attached hydrogens (tertiary/aromatic N) is 2. The summed E-state index contributed by atoms with van der Waals surface area (Å²) in [5.74, 6) is -1.10. The summed E-state index contributed by atoms with van der Waals surface area (Å²) >= 11 is 0. The maximum Gasteiger partial charge on any atom is 0.509 e. The number of aromatic nitrogens is 2. The van der Waals surface area contributed by atoms with Crippen LogP contribution in [0.25, 0.3) is 0 Å². The fraction of sp³-hybridized carbons (Fsp3) is 0.520. The first-order chi connectivity index (χ1) is 18.4. The Balaban J connectivity index is 1.49. The van der Waals surface area contributed by atoms with Crippen molar-refractivity contribution >= 4 is 6.16 Å². The minimum Gasteiger partial charge on any atom is -0.431 e. The molecule has 0 saturated carbocycles.